The van der Waals surface area contributed by atoms with Crippen molar-refractivity contribution >= 4 is 6.09 Å². The predicted octanol–water partition coefficient (Wildman–Crippen LogP) is 1.52. The summed E-state index contributed by atoms with van der Waals surface area (Å²) >= 11 is 0. The zero-order chi connectivity index (χ0) is 14.8. The van der Waals surface area contributed by atoms with Gasteiger partial charge in [0.15, 0.2) is 5.82 Å². The summed E-state index contributed by atoms with van der Waals surface area (Å²) < 4.78 is 10.1. The molecule has 0 unspecified atom stereocenters. The minimum Gasteiger partial charge on any atom is -0.444 e. The van der Waals surface area contributed by atoms with Crippen LogP contribution in [0, 0.1) is 6.92 Å². The summed E-state index contributed by atoms with van der Waals surface area (Å²) in [5, 5.41) is 9.99. The maximum absolute atomic E-state index is 11.6. The summed E-state index contributed by atoms with van der Waals surface area (Å²) in [6.07, 6.45) is 1.42. The van der Waals surface area contributed by atoms with Gasteiger partial charge < -0.3 is 19.9 Å². The number of aromatic nitrogens is 2. The van der Waals surface area contributed by atoms with Crippen LogP contribution < -0.4 is 10.6 Å². The summed E-state index contributed by atoms with van der Waals surface area (Å²) in [5.41, 5.74) is -0.456. The smallest absolute Gasteiger partial charge is 0.407 e. The summed E-state index contributed by atoms with van der Waals surface area (Å²) in [6.45, 7) is 7.90. The molecule has 112 valence electrons. The molecule has 1 aliphatic rings. The molecule has 1 saturated carbocycles. The predicted molar refractivity (Wildman–Crippen MR) is 72.1 cm³/mol. The van der Waals surface area contributed by atoms with Crippen molar-refractivity contribution in [1.82, 2.24) is 20.8 Å². The fraction of sp³-hybridized carbons (Fsp3) is 0.769. The number of carbonyl (C=O) groups excluding carboxylic acids is 1. The molecule has 20 heavy (non-hydrogen) atoms. The van der Waals surface area contributed by atoms with Gasteiger partial charge in [-0.05, 0) is 33.6 Å². The van der Waals surface area contributed by atoms with Crippen LogP contribution in [-0.4, -0.2) is 33.9 Å². The molecule has 1 fully saturated rings. The fourth-order valence-corrected chi connectivity index (χ4v) is 2.03. The van der Waals surface area contributed by atoms with Crippen LogP contribution in [0.15, 0.2) is 4.52 Å². The molecule has 1 aromatic heterocycles. The molecule has 0 bridgehead atoms. The van der Waals surface area contributed by atoms with E-state index >= 15 is 0 Å². The largest absolute Gasteiger partial charge is 0.444 e. The monoisotopic (exact) mass is 282 g/mol. The molecular formula is C13H22N4O3. The van der Waals surface area contributed by atoms with Crippen LogP contribution in [0.1, 0.15) is 45.3 Å². The van der Waals surface area contributed by atoms with Gasteiger partial charge in [-0.15, -0.1) is 0 Å². The highest BCUT2D eigenvalue weighted by atomic mass is 16.6. The Morgan fingerprint density at radius 2 is 2.10 bits per heavy atom. The van der Waals surface area contributed by atoms with E-state index < -0.39 is 5.60 Å². The molecule has 0 spiro atoms. The summed E-state index contributed by atoms with van der Waals surface area (Å²) in [5.74, 6) is 1.23. The Hall–Kier alpha value is -1.63. The number of aryl methyl sites for hydroxylation is 1. The maximum Gasteiger partial charge on any atom is 0.407 e. The van der Waals surface area contributed by atoms with Gasteiger partial charge in [-0.2, -0.15) is 4.98 Å². The Bertz CT molecular complexity index is 460. The number of hydrogen-bond donors (Lipinski definition) is 2. The molecule has 0 aliphatic heterocycles. The lowest BCUT2D eigenvalue weighted by Crippen LogP contribution is -2.53. The van der Waals surface area contributed by atoms with Crippen LogP contribution in [0.5, 0.6) is 0 Å². The van der Waals surface area contributed by atoms with E-state index in [9.17, 15) is 4.79 Å². The maximum atomic E-state index is 11.6. The lowest BCUT2D eigenvalue weighted by atomic mass is 9.87. The first-order chi connectivity index (χ1) is 9.32. The Morgan fingerprint density at radius 3 is 2.65 bits per heavy atom. The molecule has 0 radical (unpaired) electrons. The first-order valence-corrected chi connectivity index (χ1v) is 6.84. The molecule has 0 saturated heterocycles. The van der Waals surface area contributed by atoms with E-state index in [2.05, 4.69) is 20.8 Å². The Balaban J connectivity index is 1.61. The second kappa shape index (κ2) is 5.78. The number of rotatable bonds is 4. The van der Waals surface area contributed by atoms with Crippen LogP contribution in [-0.2, 0) is 11.3 Å². The minimum absolute atomic E-state index is 0.175. The van der Waals surface area contributed by atoms with Gasteiger partial charge >= 0.3 is 6.09 Å². The Morgan fingerprint density at radius 1 is 1.40 bits per heavy atom. The number of hydrogen-bond acceptors (Lipinski definition) is 6. The number of ether oxygens (including phenoxy) is 1. The lowest BCUT2D eigenvalue weighted by Gasteiger charge is -2.36. The van der Waals surface area contributed by atoms with Crippen LogP contribution in [0.3, 0.4) is 0 Å². The normalized spacial score (nSPS) is 22.2. The summed E-state index contributed by atoms with van der Waals surface area (Å²) in [6, 6.07) is 0.545. The number of amides is 1. The number of nitrogens with one attached hydrogen (secondary N) is 2. The van der Waals surface area contributed by atoms with E-state index in [1.165, 1.54) is 0 Å². The number of carbonyl (C=O) groups is 1. The average molecular weight is 282 g/mol. The minimum atomic E-state index is -0.456. The van der Waals surface area contributed by atoms with E-state index in [-0.39, 0.29) is 12.1 Å². The van der Waals surface area contributed by atoms with E-state index in [4.69, 9.17) is 9.26 Å². The van der Waals surface area contributed by atoms with Crippen LogP contribution in [0.4, 0.5) is 4.79 Å². The number of nitrogens with zero attached hydrogens (tertiary/aromatic N) is 2. The van der Waals surface area contributed by atoms with Gasteiger partial charge in [0.2, 0.25) is 5.89 Å². The highest BCUT2D eigenvalue weighted by Crippen LogP contribution is 2.21. The van der Waals surface area contributed by atoms with Crippen molar-refractivity contribution in [2.24, 2.45) is 0 Å². The van der Waals surface area contributed by atoms with Crippen LogP contribution >= 0.6 is 0 Å². The van der Waals surface area contributed by atoms with Crippen molar-refractivity contribution in [2.45, 2.75) is 64.8 Å². The second-order valence-corrected chi connectivity index (χ2v) is 6.12. The van der Waals surface area contributed by atoms with Crippen LogP contribution in [0.2, 0.25) is 0 Å². The Kier molecular flexibility index (Phi) is 4.27. The third-order valence-corrected chi connectivity index (χ3v) is 2.98. The molecule has 1 amide bonds. The van der Waals surface area contributed by atoms with Gasteiger partial charge in [0.05, 0.1) is 6.54 Å². The molecule has 7 heteroatoms. The molecule has 1 heterocycles. The first-order valence-electron chi connectivity index (χ1n) is 6.84. The molecule has 2 N–H and O–H groups in total. The Labute approximate surface area is 118 Å². The van der Waals surface area contributed by atoms with Crippen molar-refractivity contribution in [3.05, 3.63) is 11.7 Å². The topological polar surface area (TPSA) is 89.3 Å². The van der Waals surface area contributed by atoms with E-state index in [1.807, 2.05) is 20.8 Å². The highest BCUT2D eigenvalue weighted by Gasteiger charge is 2.31. The summed E-state index contributed by atoms with van der Waals surface area (Å²) in [4.78, 5) is 15.7. The summed E-state index contributed by atoms with van der Waals surface area (Å²) in [7, 11) is 0. The third-order valence-electron chi connectivity index (χ3n) is 2.98. The third kappa shape index (κ3) is 4.48. The first kappa shape index (κ1) is 14.8. The van der Waals surface area contributed by atoms with Crippen molar-refractivity contribution < 1.29 is 14.1 Å². The molecule has 0 aromatic carbocycles. The zero-order valence-corrected chi connectivity index (χ0v) is 12.4. The van der Waals surface area contributed by atoms with Crippen molar-refractivity contribution in [2.75, 3.05) is 0 Å². The molecule has 1 aromatic rings. The lowest BCUT2D eigenvalue weighted by molar-refractivity contribution is 0.0465. The molecule has 2 rings (SSSR count). The van der Waals surface area contributed by atoms with E-state index in [1.54, 1.807) is 6.92 Å². The van der Waals surface area contributed by atoms with Gasteiger partial charge in [-0.3, -0.25) is 0 Å². The second-order valence-electron chi connectivity index (χ2n) is 6.12. The van der Waals surface area contributed by atoms with Crippen molar-refractivity contribution in [3.8, 4) is 0 Å². The average Bonchev–Trinajstić information content (AvgIpc) is 2.64. The molecule has 0 atom stereocenters. The quantitative estimate of drug-likeness (QED) is 0.870. The SMILES string of the molecule is Cc1nc(CNC2CC(NC(=O)OC(C)(C)C)C2)no1. The van der Waals surface area contributed by atoms with Gasteiger partial charge in [-0.1, -0.05) is 5.16 Å². The van der Waals surface area contributed by atoms with E-state index in [0.29, 0.717) is 24.3 Å². The van der Waals surface area contributed by atoms with Gasteiger partial charge in [-0.25, -0.2) is 4.79 Å². The van der Waals surface area contributed by atoms with Crippen molar-refractivity contribution in [1.29, 1.82) is 0 Å². The van der Waals surface area contributed by atoms with E-state index in [0.717, 1.165) is 12.8 Å². The van der Waals surface area contributed by atoms with Gasteiger partial charge in [0.25, 0.3) is 0 Å². The standard InChI is InChI=1S/C13H22N4O3/c1-8-15-11(17-20-8)7-14-9-5-10(6-9)16-12(18)19-13(2,3)4/h9-10,14H,5-7H2,1-4H3,(H,16,18). The molecule has 1 aliphatic carbocycles. The van der Waals surface area contributed by atoms with Crippen LogP contribution in [0.25, 0.3) is 0 Å². The highest BCUT2D eigenvalue weighted by molar-refractivity contribution is 5.68. The fourth-order valence-electron chi connectivity index (χ4n) is 2.03. The van der Waals surface area contributed by atoms with Gasteiger partial charge in [0, 0.05) is 19.0 Å². The molecular weight excluding hydrogens is 260 g/mol. The zero-order valence-electron chi connectivity index (χ0n) is 12.4. The van der Waals surface area contributed by atoms with Gasteiger partial charge in [0.1, 0.15) is 5.60 Å². The number of alkyl carbamates (subject to hydrolysis) is 1. The van der Waals surface area contributed by atoms with Crippen molar-refractivity contribution in [3.63, 3.8) is 0 Å². The molecule has 7 nitrogen and oxygen atoms in total.